The minimum atomic E-state index is -0.182. The molecule has 1 fully saturated rings. The van der Waals surface area contributed by atoms with Crippen LogP contribution in [0.3, 0.4) is 0 Å². The van der Waals surface area contributed by atoms with Crippen LogP contribution in [0.4, 0.5) is 11.4 Å². The van der Waals surface area contributed by atoms with E-state index in [1.165, 1.54) is 0 Å². The number of aryl methyl sites for hydroxylation is 2. The highest BCUT2D eigenvalue weighted by Crippen LogP contribution is 2.43. The van der Waals surface area contributed by atoms with Crippen molar-refractivity contribution < 1.29 is 9.53 Å². The molecule has 2 aromatic carbocycles. The highest BCUT2D eigenvalue weighted by molar-refractivity contribution is 7.80. The van der Waals surface area contributed by atoms with Gasteiger partial charge in [0.2, 0.25) is 5.91 Å². The third-order valence-corrected chi connectivity index (χ3v) is 7.42. The van der Waals surface area contributed by atoms with Gasteiger partial charge >= 0.3 is 0 Å². The first-order chi connectivity index (χ1) is 18.8. The Morgan fingerprint density at radius 1 is 1.03 bits per heavy atom. The molecule has 4 aromatic rings. The Morgan fingerprint density at radius 3 is 2.41 bits per heavy atom. The number of benzene rings is 2. The summed E-state index contributed by atoms with van der Waals surface area (Å²) in [4.78, 5) is 19.2. The van der Waals surface area contributed by atoms with Crippen LogP contribution in [0.2, 0.25) is 0 Å². The van der Waals surface area contributed by atoms with Crippen molar-refractivity contribution in [2.24, 2.45) is 5.92 Å². The molecule has 2 atom stereocenters. The summed E-state index contributed by atoms with van der Waals surface area (Å²) in [7, 11) is 1.67. The predicted octanol–water partition coefficient (Wildman–Crippen LogP) is 6.27. The predicted molar refractivity (Wildman–Crippen MR) is 160 cm³/mol. The molecule has 0 unspecified atom stereocenters. The topological polar surface area (TPSA) is 71.4 Å². The first-order valence-corrected chi connectivity index (χ1v) is 13.4. The number of methoxy groups -OCH3 is 1. The lowest BCUT2D eigenvalue weighted by molar-refractivity contribution is -0.118. The summed E-state index contributed by atoms with van der Waals surface area (Å²) in [5, 5.41) is 7.20. The van der Waals surface area contributed by atoms with E-state index in [0.29, 0.717) is 5.11 Å². The van der Waals surface area contributed by atoms with Crippen LogP contribution in [0.5, 0.6) is 5.75 Å². The number of anilines is 2. The van der Waals surface area contributed by atoms with Crippen molar-refractivity contribution in [2.75, 3.05) is 17.3 Å². The van der Waals surface area contributed by atoms with E-state index in [1.807, 2.05) is 69.4 Å². The van der Waals surface area contributed by atoms with Gasteiger partial charge in [-0.2, -0.15) is 0 Å². The average molecular weight is 540 g/mol. The summed E-state index contributed by atoms with van der Waals surface area (Å²) in [6, 6.07) is 24.0. The number of rotatable bonds is 7. The SMILES string of the molecule is COc1ccc(-n2c(C)ccc2[C@H]2[C@@H](c3ccccn3)NC(=S)N2c2ccc(NC(=O)C(C)C)c(C)c2)cc1. The summed E-state index contributed by atoms with van der Waals surface area (Å²) in [5.41, 5.74) is 6.83. The Hall–Kier alpha value is -4.17. The van der Waals surface area contributed by atoms with Crippen molar-refractivity contribution in [2.45, 2.75) is 39.8 Å². The molecule has 2 aromatic heterocycles. The Balaban J connectivity index is 1.62. The quantitative estimate of drug-likeness (QED) is 0.270. The van der Waals surface area contributed by atoms with E-state index in [2.05, 4.69) is 62.3 Å². The highest BCUT2D eigenvalue weighted by atomic mass is 32.1. The maximum Gasteiger partial charge on any atom is 0.226 e. The van der Waals surface area contributed by atoms with Crippen LogP contribution in [-0.2, 0) is 4.79 Å². The lowest BCUT2D eigenvalue weighted by Crippen LogP contribution is -2.30. The van der Waals surface area contributed by atoms with Crippen molar-refractivity contribution in [1.82, 2.24) is 14.9 Å². The fourth-order valence-corrected chi connectivity index (χ4v) is 5.37. The normalized spacial score (nSPS) is 16.9. The zero-order valence-corrected chi connectivity index (χ0v) is 23.6. The minimum Gasteiger partial charge on any atom is -0.497 e. The highest BCUT2D eigenvalue weighted by Gasteiger charge is 2.42. The van der Waals surface area contributed by atoms with E-state index in [-0.39, 0.29) is 23.9 Å². The molecule has 7 nitrogen and oxygen atoms in total. The van der Waals surface area contributed by atoms with Crippen molar-refractivity contribution in [3.05, 3.63) is 102 Å². The Labute approximate surface area is 234 Å². The lowest BCUT2D eigenvalue weighted by Gasteiger charge is -2.30. The van der Waals surface area contributed by atoms with Crippen LogP contribution in [-0.4, -0.2) is 27.7 Å². The number of nitrogens with zero attached hydrogens (tertiary/aromatic N) is 3. The van der Waals surface area contributed by atoms with Gasteiger partial charge in [0.05, 0.1) is 18.8 Å². The standard InChI is InChI=1S/C31H33N5O2S/c1-19(2)30(37)33-25-15-12-23(18-20(25)3)36-29(28(34-31(36)39)26-8-6-7-17-32-26)27-16-9-21(4)35(27)22-10-13-24(38-5)14-11-22/h6-19,28-29H,1-5H3,(H,33,37)(H,34,39)/t28-,29+/m1/s1. The van der Waals surface area contributed by atoms with Crippen LogP contribution in [0.15, 0.2) is 79.0 Å². The zero-order valence-electron chi connectivity index (χ0n) is 22.8. The Morgan fingerprint density at radius 2 is 1.77 bits per heavy atom. The molecular weight excluding hydrogens is 506 g/mol. The number of hydrogen-bond donors (Lipinski definition) is 2. The molecule has 0 aliphatic carbocycles. The van der Waals surface area contributed by atoms with E-state index in [9.17, 15) is 4.79 Å². The van der Waals surface area contributed by atoms with Gasteiger partial charge in [0, 0.05) is 40.6 Å². The Kier molecular flexibility index (Phi) is 7.39. The van der Waals surface area contributed by atoms with Gasteiger partial charge in [-0.25, -0.2) is 0 Å². The molecule has 39 heavy (non-hydrogen) atoms. The number of pyridine rings is 1. The number of hydrogen-bond acceptors (Lipinski definition) is 4. The van der Waals surface area contributed by atoms with Gasteiger partial charge in [-0.05, 0) is 98.4 Å². The molecular formula is C31H33N5O2S. The van der Waals surface area contributed by atoms with Gasteiger partial charge in [0.25, 0.3) is 0 Å². The molecule has 1 aliphatic rings. The molecule has 200 valence electrons. The largest absolute Gasteiger partial charge is 0.497 e. The second-order valence-corrected chi connectivity index (χ2v) is 10.5. The van der Waals surface area contributed by atoms with E-state index < -0.39 is 0 Å². The fraction of sp³-hybridized carbons (Fsp3) is 0.258. The van der Waals surface area contributed by atoms with Crippen molar-refractivity contribution in [1.29, 1.82) is 0 Å². The number of aromatic nitrogens is 2. The van der Waals surface area contributed by atoms with Gasteiger partial charge in [0.15, 0.2) is 5.11 Å². The molecule has 1 aliphatic heterocycles. The van der Waals surface area contributed by atoms with Gasteiger partial charge in [-0.1, -0.05) is 19.9 Å². The second kappa shape index (κ2) is 10.9. The number of nitrogens with one attached hydrogen (secondary N) is 2. The van der Waals surface area contributed by atoms with Crippen LogP contribution >= 0.6 is 12.2 Å². The van der Waals surface area contributed by atoms with Crippen LogP contribution in [0.25, 0.3) is 5.69 Å². The van der Waals surface area contributed by atoms with Crippen molar-refractivity contribution in [3.8, 4) is 11.4 Å². The molecule has 8 heteroatoms. The molecule has 2 N–H and O–H groups in total. The molecule has 0 spiro atoms. The molecule has 0 bridgehead atoms. The fourth-order valence-electron chi connectivity index (χ4n) is 5.02. The van der Waals surface area contributed by atoms with Gasteiger partial charge in [-0.15, -0.1) is 0 Å². The van der Waals surface area contributed by atoms with Crippen LogP contribution in [0, 0.1) is 19.8 Å². The third kappa shape index (κ3) is 5.12. The number of thiocarbonyl (C=S) groups is 1. The summed E-state index contributed by atoms with van der Waals surface area (Å²) < 4.78 is 7.65. The van der Waals surface area contributed by atoms with E-state index in [4.69, 9.17) is 17.0 Å². The lowest BCUT2D eigenvalue weighted by atomic mass is 10.00. The van der Waals surface area contributed by atoms with Crippen LogP contribution < -0.4 is 20.3 Å². The zero-order chi connectivity index (χ0) is 27.7. The number of carbonyl (C=O) groups is 1. The first kappa shape index (κ1) is 26.4. The maximum atomic E-state index is 12.3. The van der Waals surface area contributed by atoms with Crippen molar-refractivity contribution >= 4 is 34.6 Å². The maximum absolute atomic E-state index is 12.3. The van der Waals surface area contributed by atoms with E-state index in [0.717, 1.165) is 45.5 Å². The summed E-state index contributed by atoms with van der Waals surface area (Å²) in [6.45, 7) is 7.87. The van der Waals surface area contributed by atoms with Crippen LogP contribution in [0.1, 0.15) is 48.6 Å². The monoisotopic (exact) mass is 539 g/mol. The van der Waals surface area contributed by atoms with Gasteiger partial charge < -0.3 is 24.8 Å². The smallest absolute Gasteiger partial charge is 0.226 e. The molecule has 3 heterocycles. The number of ether oxygens (including phenoxy) is 1. The molecule has 1 saturated heterocycles. The molecule has 0 saturated carbocycles. The number of carbonyl (C=O) groups excluding carboxylic acids is 1. The van der Waals surface area contributed by atoms with Gasteiger partial charge in [-0.3, -0.25) is 9.78 Å². The van der Waals surface area contributed by atoms with E-state index in [1.54, 1.807) is 7.11 Å². The minimum absolute atomic E-state index is 0.00917. The molecule has 0 radical (unpaired) electrons. The average Bonchev–Trinajstić information content (AvgIpc) is 3.49. The molecule has 5 rings (SSSR count). The summed E-state index contributed by atoms with van der Waals surface area (Å²) >= 11 is 5.95. The van der Waals surface area contributed by atoms with Gasteiger partial charge in [0.1, 0.15) is 11.8 Å². The van der Waals surface area contributed by atoms with Crippen molar-refractivity contribution in [3.63, 3.8) is 0 Å². The summed E-state index contributed by atoms with van der Waals surface area (Å²) in [5.74, 6) is 0.698. The van der Waals surface area contributed by atoms with E-state index >= 15 is 0 Å². The Bertz CT molecular complexity index is 1500. The first-order valence-electron chi connectivity index (χ1n) is 13.0. The third-order valence-electron chi connectivity index (χ3n) is 7.11. The second-order valence-electron chi connectivity index (χ2n) is 10.1. The summed E-state index contributed by atoms with van der Waals surface area (Å²) in [6.07, 6.45) is 1.81. The number of amides is 1. The molecule has 1 amide bonds.